The molecule has 9 nitrogen and oxygen atoms in total. The lowest BCUT2D eigenvalue weighted by atomic mass is 10.1. The zero-order valence-electron chi connectivity index (χ0n) is 16.1. The Hall–Kier alpha value is -3.26. The molecule has 4 aromatic heterocycles. The molecule has 0 aromatic carbocycles. The maximum atomic E-state index is 13.1. The minimum atomic E-state index is -4.66. The highest BCUT2D eigenvalue weighted by Crippen LogP contribution is 2.39. The molecule has 0 radical (unpaired) electrons. The third-order valence-corrected chi connectivity index (χ3v) is 5.88. The standard InChI is InChI=1S/C18H13BrF3N7O2S/c1-8-4-11(18(20,21)22)25-17-12(8)13(14(32-17)15(23)30)26-16(31)10-2-3-28(27-10)7-29-6-9(19)5-24-29/h2-6H,7H2,1H3,(H2,23,30)(H,26,31). The number of aryl methyl sites for hydroxylation is 1. The summed E-state index contributed by atoms with van der Waals surface area (Å²) in [6, 6.07) is 2.31. The van der Waals surface area contributed by atoms with Gasteiger partial charge in [0.25, 0.3) is 11.8 Å². The molecule has 4 heterocycles. The van der Waals surface area contributed by atoms with Crippen molar-refractivity contribution in [3.05, 3.63) is 57.0 Å². The number of carbonyl (C=O) groups excluding carboxylic acids is 2. The number of nitrogens with two attached hydrogens (primary N) is 1. The first-order chi connectivity index (χ1) is 15.0. The number of primary amides is 1. The van der Waals surface area contributed by atoms with Crippen LogP contribution in [0.1, 0.15) is 31.4 Å². The number of amides is 2. The molecule has 2 amide bonds. The number of pyridine rings is 1. The summed E-state index contributed by atoms with van der Waals surface area (Å²) in [5.74, 6) is -1.56. The molecule has 0 saturated carbocycles. The van der Waals surface area contributed by atoms with Gasteiger partial charge < -0.3 is 11.1 Å². The number of alkyl halides is 3. The van der Waals surface area contributed by atoms with E-state index in [9.17, 15) is 22.8 Å². The van der Waals surface area contributed by atoms with Crippen molar-refractivity contribution in [2.24, 2.45) is 5.73 Å². The fourth-order valence-corrected chi connectivity index (χ4v) is 4.41. The van der Waals surface area contributed by atoms with E-state index in [0.717, 1.165) is 10.5 Å². The van der Waals surface area contributed by atoms with Crippen molar-refractivity contribution in [1.29, 1.82) is 0 Å². The number of halogens is 4. The van der Waals surface area contributed by atoms with Gasteiger partial charge in [0.1, 0.15) is 22.1 Å². The molecule has 0 aliphatic carbocycles. The minimum Gasteiger partial charge on any atom is -0.365 e. The smallest absolute Gasteiger partial charge is 0.365 e. The first-order valence-corrected chi connectivity index (χ1v) is 10.5. The first kappa shape index (κ1) is 22.0. The van der Waals surface area contributed by atoms with Gasteiger partial charge in [-0.25, -0.2) is 9.67 Å². The average Bonchev–Trinajstić information content (AvgIpc) is 3.40. The largest absolute Gasteiger partial charge is 0.433 e. The van der Waals surface area contributed by atoms with Gasteiger partial charge in [-0.15, -0.1) is 11.3 Å². The fourth-order valence-electron chi connectivity index (χ4n) is 3.02. The Morgan fingerprint density at radius 3 is 2.69 bits per heavy atom. The number of aromatic nitrogens is 5. The summed E-state index contributed by atoms with van der Waals surface area (Å²) in [6.07, 6.45) is 0.234. The van der Waals surface area contributed by atoms with Gasteiger partial charge in [-0.05, 0) is 40.5 Å². The van der Waals surface area contributed by atoms with Crippen molar-refractivity contribution < 1.29 is 22.8 Å². The van der Waals surface area contributed by atoms with Crippen molar-refractivity contribution in [3.63, 3.8) is 0 Å². The molecule has 0 aliphatic rings. The quantitative estimate of drug-likeness (QED) is 0.410. The molecule has 4 rings (SSSR count). The van der Waals surface area contributed by atoms with Gasteiger partial charge in [0.05, 0.1) is 16.4 Å². The lowest BCUT2D eigenvalue weighted by Gasteiger charge is -2.09. The monoisotopic (exact) mass is 527 g/mol. The van der Waals surface area contributed by atoms with Crippen LogP contribution in [0.5, 0.6) is 0 Å². The number of hydrogen-bond donors (Lipinski definition) is 2. The van der Waals surface area contributed by atoms with Crippen LogP contribution in [0, 0.1) is 6.92 Å². The Morgan fingerprint density at radius 1 is 1.31 bits per heavy atom. The average molecular weight is 528 g/mol. The molecule has 0 atom stereocenters. The second-order valence-electron chi connectivity index (χ2n) is 6.71. The molecular weight excluding hydrogens is 515 g/mol. The van der Waals surface area contributed by atoms with E-state index in [-0.39, 0.29) is 38.7 Å². The van der Waals surface area contributed by atoms with E-state index < -0.39 is 23.7 Å². The summed E-state index contributed by atoms with van der Waals surface area (Å²) < 4.78 is 43.2. The van der Waals surface area contributed by atoms with Crippen LogP contribution < -0.4 is 11.1 Å². The normalized spacial score (nSPS) is 11.8. The highest BCUT2D eigenvalue weighted by atomic mass is 79.9. The topological polar surface area (TPSA) is 121 Å². The first-order valence-electron chi connectivity index (χ1n) is 8.87. The fraction of sp³-hybridized carbons (Fsp3) is 0.167. The van der Waals surface area contributed by atoms with Crippen LogP contribution in [0.3, 0.4) is 0 Å². The van der Waals surface area contributed by atoms with Gasteiger partial charge in [-0.3, -0.25) is 14.3 Å². The van der Waals surface area contributed by atoms with Gasteiger partial charge in [-0.2, -0.15) is 23.4 Å². The summed E-state index contributed by atoms with van der Waals surface area (Å²) in [5.41, 5.74) is 4.53. The van der Waals surface area contributed by atoms with E-state index >= 15 is 0 Å². The number of rotatable bonds is 5. The molecule has 166 valence electrons. The van der Waals surface area contributed by atoms with E-state index in [1.54, 1.807) is 23.3 Å². The minimum absolute atomic E-state index is 0.00628. The van der Waals surface area contributed by atoms with Crippen molar-refractivity contribution in [2.45, 2.75) is 19.8 Å². The van der Waals surface area contributed by atoms with Crippen LogP contribution in [-0.4, -0.2) is 36.4 Å². The lowest BCUT2D eigenvalue weighted by molar-refractivity contribution is -0.141. The third-order valence-electron chi connectivity index (χ3n) is 4.38. The SMILES string of the molecule is Cc1cc(C(F)(F)F)nc2sc(C(N)=O)c(NC(=O)c3ccn(Cn4cc(Br)cn4)n3)c12. The Kier molecular flexibility index (Phi) is 5.50. The molecule has 4 aromatic rings. The number of fused-ring (bicyclic) bond motifs is 1. The molecule has 14 heteroatoms. The van der Waals surface area contributed by atoms with Crippen LogP contribution in [0.4, 0.5) is 18.9 Å². The zero-order chi connectivity index (χ0) is 23.2. The number of nitrogens with zero attached hydrogens (tertiary/aromatic N) is 5. The maximum absolute atomic E-state index is 13.1. The molecule has 0 saturated heterocycles. The predicted molar refractivity (Wildman–Crippen MR) is 113 cm³/mol. The Bertz CT molecular complexity index is 1360. The summed E-state index contributed by atoms with van der Waals surface area (Å²) in [4.78, 5) is 28.1. The maximum Gasteiger partial charge on any atom is 0.433 e. The van der Waals surface area contributed by atoms with Gasteiger partial charge in [0.2, 0.25) is 0 Å². The summed E-state index contributed by atoms with van der Waals surface area (Å²) >= 11 is 3.97. The van der Waals surface area contributed by atoms with Crippen LogP contribution in [0.15, 0.2) is 35.2 Å². The number of nitrogens with one attached hydrogen (secondary N) is 1. The summed E-state index contributed by atoms with van der Waals surface area (Å²) in [5, 5.41) is 11.0. The molecule has 0 bridgehead atoms. The number of carbonyl (C=O) groups is 2. The predicted octanol–water partition coefficient (Wildman–Crippen LogP) is 3.64. The van der Waals surface area contributed by atoms with Crippen LogP contribution in [0.2, 0.25) is 0 Å². The number of hydrogen-bond acceptors (Lipinski definition) is 6. The van der Waals surface area contributed by atoms with Crippen molar-refractivity contribution >= 4 is 55.0 Å². The Morgan fingerprint density at radius 2 is 2.06 bits per heavy atom. The van der Waals surface area contributed by atoms with Crippen molar-refractivity contribution in [2.75, 3.05) is 5.32 Å². The van der Waals surface area contributed by atoms with Gasteiger partial charge in [0.15, 0.2) is 5.69 Å². The second-order valence-corrected chi connectivity index (χ2v) is 8.62. The summed E-state index contributed by atoms with van der Waals surface area (Å²) in [7, 11) is 0. The van der Waals surface area contributed by atoms with Gasteiger partial charge >= 0.3 is 6.18 Å². The van der Waals surface area contributed by atoms with E-state index in [2.05, 4.69) is 36.4 Å². The van der Waals surface area contributed by atoms with Gasteiger partial charge in [-0.1, -0.05) is 0 Å². The summed E-state index contributed by atoms with van der Waals surface area (Å²) in [6.45, 7) is 1.68. The van der Waals surface area contributed by atoms with E-state index in [0.29, 0.717) is 11.3 Å². The van der Waals surface area contributed by atoms with Crippen molar-refractivity contribution in [1.82, 2.24) is 24.5 Å². The van der Waals surface area contributed by atoms with Crippen LogP contribution in [0.25, 0.3) is 10.2 Å². The molecule has 3 N–H and O–H groups in total. The van der Waals surface area contributed by atoms with E-state index in [1.807, 2.05) is 0 Å². The van der Waals surface area contributed by atoms with Crippen LogP contribution >= 0.6 is 27.3 Å². The zero-order valence-corrected chi connectivity index (χ0v) is 18.5. The van der Waals surface area contributed by atoms with Crippen LogP contribution in [-0.2, 0) is 12.8 Å². The van der Waals surface area contributed by atoms with E-state index in [4.69, 9.17) is 5.73 Å². The van der Waals surface area contributed by atoms with Gasteiger partial charge in [0, 0.05) is 17.8 Å². The Labute approximate surface area is 190 Å². The number of thiophene rings is 1. The van der Waals surface area contributed by atoms with E-state index in [1.165, 1.54) is 17.7 Å². The molecule has 32 heavy (non-hydrogen) atoms. The van der Waals surface area contributed by atoms with Crippen molar-refractivity contribution in [3.8, 4) is 0 Å². The second kappa shape index (κ2) is 8.02. The third kappa shape index (κ3) is 4.23. The molecule has 0 fully saturated rings. The lowest BCUT2D eigenvalue weighted by Crippen LogP contribution is -2.18. The molecular formula is C18H13BrF3N7O2S. The molecule has 0 aliphatic heterocycles. The Balaban J connectivity index is 1.67. The highest BCUT2D eigenvalue weighted by Gasteiger charge is 2.34. The molecule has 0 spiro atoms. The number of anilines is 1. The highest BCUT2D eigenvalue weighted by molar-refractivity contribution is 9.10. The molecule has 0 unspecified atom stereocenters.